The van der Waals surface area contributed by atoms with Crippen molar-refractivity contribution in [3.63, 3.8) is 0 Å². The summed E-state index contributed by atoms with van der Waals surface area (Å²) in [5.41, 5.74) is 0. The molecule has 0 aromatic heterocycles. The summed E-state index contributed by atoms with van der Waals surface area (Å²) in [4.78, 5) is 0. The van der Waals surface area contributed by atoms with Gasteiger partial charge in [0.05, 0.1) is 12.7 Å². The molecule has 1 nitrogen and oxygen atoms in total. The molecule has 0 aromatic carbocycles. The standard InChI is InChI=1S/C8H16OS/c1-2-3-4-5-10-7-8-6-9-8/h8H,2-7H2,1H3. The van der Waals surface area contributed by atoms with E-state index in [0.29, 0.717) is 6.10 Å². The monoisotopic (exact) mass is 160 g/mol. The van der Waals surface area contributed by atoms with Gasteiger partial charge in [0.1, 0.15) is 0 Å². The van der Waals surface area contributed by atoms with E-state index in [1.165, 1.54) is 30.8 Å². The van der Waals surface area contributed by atoms with Crippen molar-refractivity contribution in [2.75, 3.05) is 18.1 Å². The summed E-state index contributed by atoms with van der Waals surface area (Å²) in [6.07, 6.45) is 4.72. The molecule has 0 bridgehead atoms. The Labute approximate surface area is 67.5 Å². The normalized spacial score (nSPS) is 23.1. The largest absolute Gasteiger partial charge is 0.372 e. The summed E-state index contributed by atoms with van der Waals surface area (Å²) in [5.74, 6) is 2.55. The molecule has 0 spiro atoms. The van der Waals surface area contributed by atoms with Gasteiger partial charge in [-0.05, 0) is 12.2 Å². The zero-order valence-electron chi connectivity index (χ0n) is 6.64. The van der Waals surface area contributed by atoms with E-state index in [9.17, 15) is 0 Å². The van der Waals surface area contributed by atoms with Crippen LogP contribution in [-0.2, 0) is 4.74 Å². The summed E-state index contributed by atoms with van der Waals surface area (Å²) in [6.45, 7) is 3.26. The third-order valence-corrected chi connectivity index (χ3v) is 2.78. The van der Waals surface area contributed by atoms with Crippen LogP contribution < -0.4 is 0 Å². The van der Waals surface area contributed by atoms with Crippen molar-refractivity contribution in [2.24, 2.45) is 0 Å². The lowest BCUT2D eigenvalue weighted by atomic mass is 10.3. The van der Waals surface area contributed by atoms with Gasteiger partial charge in [-0.3, -0.25) is 0 Å². The molecule has 0 saturated carbocycles. The Balaban J connectivity index is 1.68. The molecule has 1 aliphatic heterocycles. The SMILES string of the molecule is CCCCCSCC1CO1. The molecule has 1 saturated heterocycles. The molecule has 1 fully saturated rings. The Morgan fingerprint density at radius 3 is 2.90 bits per heavy atom. The van der Waals surface area contributed by atoms with Crippen molar-refractivity contribution in [3.8, 4) is 0 Å². The molecule has 1 heterocycles. The smallest absolute Gasteiger partial charge is 0.0900 e. The fourth-order valence-corrected chi connectivity index (χ4v) is 1.86. The van der Waals surface area contributed by atoms with Crippen LogP contribution in [0.1, 0.15) is 26.2 Å². The van der Waals surface area contributed by atoms with E-state index in [4.69, 9.17) is 4.74 Å². The molecule has 0 radical (unpaired) electrons. The van der Waals surface area contributed by atoms with Gasteiger partial charge in [-0.1, -0.05) is 19.8 Å². The minimum atomic E-state index is 0.617. The molecule has 1 rings (SSSR count). The van der Waals surface area contributed by atoms with Gasteiger partial charge in [0.2, 0.25) is 0 Å². The number of unbranched alkanes of at least 4 members (excludes halogenated alkanes) is 2. The molecule has 60 valence electrons. The second kappa shape index (κ2) is 5.03. The van der Waals surface area contributed by atoms with Crippen molar-refractivity contribution >= 4 is 11.8 Å². The highest BCUT2D eigenvalue weighted by Gasteiger charge is 2.21. The van der Waals surface area contributed by atoms with Gasteiger partial charge in [-0.25, -0.2) is 0 Å². The molecule has 2 heteroatoms. The highest BCUT2D eigenvalue weighted by molar-refractivity contribution is 7.99. The minimum absolute atomic E-state index is 0.617. The second-order valence-electron chi connectivity index (χ2n) is 2.74. The first-order chi connectivity index (χ1) is 4.93. The molecule has 0 aliphatic carbocycles. The topological polar surface area (TPSA) is 12.5 Å². The summed E-state index contributed by atoms with van der Waals surface area (Å²) in [5, 5.41) is 0. The van der Waals surface area contributed by atoms with Crippen molar-refractivity contribution in [2.45, 2.75) is 32.3 Å². The Morgan fingerprint density at radius 1 is 1.50 bits per heavy atom. The summed E-state index contributed by atoms with van der Waals surface area (Å²) in [6, 6.07) is 0. The van der Waals surface area contributed by atoms with Crippen LogP contribution in [0.2, 0.25) is 0 Å². The van der Waals surface area contributed by atoms with Crippen LogP contribution in [0.5, 0.6) is 0 Å². The Kier molecular flexibility index (Phi) is 4.23. The van der Waals surface area contributed by atoms with Crippen molar-refractivity contribution in [3.05, 3.63) is 0 Å². The van der Waals surface area contributed by atoms with E-state index in [1.807, 2.05) is 11.8 Å². The van der Waals surface area contributed by atoms with Crippen LogP contribution in [0.3, 0.4) is 0 Å². The van der Waals surface area contributed by atoms with Crippen molar-refractivity contribution in [1.29, 1.82) is 0 Å². The zero-order valence-corrected chi connectivity index (χ0v) is 7.45. The first kappa shape index (κ1) is 8.41. The molecule has 1 atom stereocenters. The summed E-state index contributed by atoms with van der Waals surface area (Å²) in [7, 11) is 0. The number of ether oxygens (including phenoxy) is 1. The average molecular weight is 160 g/mol. The van der Waals surface area contributed by atoms with Gasteiger partial charge in [0, 0.05) is 5.75 Å². The van der Waals surface area contributed by atoms with Gasteiger partial charge in [-0.2, -0.15) is 11.8 Å². The second-order valence-corrected chi connectivity index (χ2v) is 3.89. The molecule has 0 aromatic rings. The summed E-state index contributed by atoms with van der Waals surface area (Å²) >= 11 is 2.04. The van der Waals surface area contributed by atoms with Gasteiger partial charge < -0.3 is 4.74 Å². The van der Waals surface area contributed by atoms with E-state index in [0.717, 1.165) is 6.61 Å². The van der Waals surface area contributed by atoms with E-state index < -0.39 is 0 Å². The lowest BCUT2D eigenvalue weighted by molar-refractivity contribution is 0.426. The van der Waals surface area contributed by atoms with Crippen LogP contribution in [0, 0.1) is 0 Å². The van der Waals surface area contributed by atoms with Gasteiger partial charge in [0.25, 0.3) is 0 Å². The van der Waals surface area contributed by atoms with Crippen LogP contribution in [0.15, 0.2) is 0 Å². The van der Waals surface area contributed by atoms with E-state index >= 15 is 0 Å². The summed E-state index contributed by atoms with van der Waals surface area (Å²) < 4.78 is 5.09. The van der Waals surface area contributed by atoms with E-state index in [2.05, 4.69) is 6.92 Å². The molecule has 0 amide bonds. The Morgan fingerprint density at radius 2 is 2.30 bits per heavy atom. The first-order valence-electron chi connectivity index (χ1n) is 4.13. The van der Waals surface area contributed by atoms with Crippen molar-refractivity contribution in [1.82, 2.24) is 0 Å². The van der Waals surface area contributed by atoms with Crippen molar-refractivity contribution < 1.29 is 4.74 Å². The Hall–Kier alpha value is 0.310. The lowest BCUT2D eigenvalue weighted by Crippen LogP contribution is -1.90. The predicted octanol–water partition coefficient (Wildman–Crippen LogP) is 2.31. The van der Waals surface area contributed by atoms with Crippen LogP contribution in [0.4, 0.5) is 0 Å². The number of epoxide rings is 1. The highest BCUT2D eigenvalue weighted by Crippen LogP contribution is 2.16. The molecule has 10 heavy (non-hydrogen) atoms. The van der Waals surface area contributed by atoms with Crippen LogP contribution in [0.25, 0.3) is 0 Å². The van der Waals surface area contributed by atoms with E-state index in [1.54, 1.807) is 0 Å². The van der Waals surface area contributed by atoms with Crippen LogP contribution in [-0.4, -0.2) is 24.2 Å². The lowest BCUT2D eigenvalue weighted by Gasteiger charge is -1.96. The molecule has 1 unspecified atom stereocenters. The third-order valence-electron chi connectivity index (χ3n) is 1.60. The van der Waals surface area contributed by atoms with E-state index in [-0.39, 0.29) is 0 Å². The fourth-order valence-electron chi connectivity index (χ4n) is 0.833. The van der Waals surface area contributed by atoms with Crippen LogP contribution >= 0.6 is 11.8 Å². The molecular weight excluding hydrogens is 144 g/mol. The minimum Gasteiger partial charge on any atom is -0.372 e. The average Bonchev–Trinajstić information content (AvgIpc) is 2.71. The van der Waals surface area contributed by atoms with Gasteiger partial charge in [0.15, 0.2) is 0 Å². The number of rotatable bonds is 6. The Bertz CT molecular complexity index is 81.3. The number of thioether (sulfide) groups is 1. The van der Waals surface area contributed by atoms with Gasteiger partial charge >= 0.3 is 0 Å². The maximum Gasteiger partial charge on any atom is 0.0900 e. The molecular formula is C8H16OS. The zero-order chi connectivity index (χ0) is 7.23. The number of hydrogen-bond acceptors (Lipinski definition) is 2. The maximum absolute atomic E-state index is 5.09. The molecule has 0 N–H and O–H groups in total. The predicted molar refractivity (Wildman–Crippen MR) is 46.6 cm³/mol. The fraction of sp³-hybridized carbons (Fsp3) is 1.00. The number of hydrogen-bond donors (Lipinski definition) is 0. The van der Waals surface area contributed by atoms with Gasteiger partial charge in [-0.15, -0.1) is 0 Å². The maximum atomic E-state index is 5.09. The highest BCUT2D eigenvalue weighted by atomic mass is 32.2. The quantitative estimate of drug-likeness (QED) is 0.437. The first-order valence-corrected chi connectivity index (χ1v) is 5.28. The third kappa shape index (κ3) is 4.18. The molecule has 1 aliphatic rings.